The fraction of sp³-hybridized carbons (Fsp3) is 0.316. The minimum atomic E-state index is -0.983. The number of carbonyl (C=O) groups is 1. The van der Waals surface area contributed by atoms with Gasteiger partial charge in [0.25, 0.3) is 0 Å². The van der Waals surface area contributed by atoms with E-state index < -0.39 is 17.6 Å². The molecule has 0 amide bonds. The van der Waals surface area contributed by atoms with Crippen molar-refractivity contribution in [2.45, 2.75) is 24.5 Å². The molecule has 1 aliphatic heterocycles. The van der Waals surface area contributed by atoms with Gasteiger partial charge in [-0.2, -0.15) is 0 Å². The SMILES string of the molecule is O=C(O)C(c1cccc(O)c1)N1CCC(O)(c2ccc(Cl)cc2)CC1. The van der Waals surface area contributed by atoms with Gasteiger partial charge in [0.1, 0.15) is 11.8 Å². The van der Waals surface area contributed by atoms with E-state index in [1.807, 2.05) is 17.0 Å². The van der Waals surface area contributed by atoms with Crippen LogP contribution in [0.25, 0.3) is 0 Å². The van der Waals surface area contributed by atoms with Crippen molar-refractivity contribution >= 4 is 17.6 Å². The molecule has 0 aromatic heterocycles. The Hall–Kier alpha value is -2.08. The van der Waals surface area contributed by atoms with Gasteiger partial charge in [0.15, 0.2) is 0 Å². The molecule has 0 bridgehead atoms. The summed E-state index contributed by atoms with van der Waals surface area (Å²) in [5.74, 6) is -0.930. The highest BCUT2D eigenvalue weighted by Gasteiger charge is 2.38. The normalized spacial score (nSPS) is 18.6. The van der Waals surface area contributed by atoms with Crippen LogP contribution in [0.2, 0.25) is 5.02 Å². The van der Waals surface area contributed by atoms with E-state index in [0.717, 1.165) is 5.56 Å². The van der Waals surface area contributed by atoms with Crippen LogP contribution < -0.4 is 0 Å². The van der Waals surface area contributed by atoms with Crippen molar-refractivity contribution < 1.29 is 20.1 Å². The van der Waals surface area contributed by atoms with Gasteiger partial charge in [-0.15, -0.1) is 0 Å². The van der Waals surface area contributed by atoms with E-state index in [0.29, 0.717) is 36.5 Å². The number of aromatic hydroxyl groups is 1. The van der Waals surface area contributed by atoms with Crippen LogP contribution in [0.5, 0.6) is 5.75 Å². The van der Waals surface area contributed by atoms with Crippen molar-refractivity contribution in [1.29, 1.82) is 0 Å². The maximum Gasteiger partial charge on any atom is 0.325 e. The van der Waals surface area contributed by atoms with Crippen molar-refractivity contribution in [2.75, 3.05) is 13.1 Å². The number of rotatable bonds is 4. The molecule has 0 spiro atoms. The smallest absolute Gasteiger partial charge is 0.325 e. The highest BCUT2D eigenvalue weighted by atomic mass is 35.5. The Morgan fingerprint density at radius 3 is 2.32 bits per heavy atom. The Balaban J connectivity index is 1.77. The van der Waals surface area contributed by atoms with Gasteiger partial charge in [-0.05, 0) is 48.2 Å². The average Bonchev–Trinajstić information content (AvgIpc) is 2.57. The van der Waals surface area contributed by atoms with Gasteiger partial charge < -0.3 is 15.3 Å². The zero-order valence-electron chi connectivity index (χ0n) is 13.6. The number of aliphatic carboxylic acids is 1. The minimum absolute atomic E-state index is 0.0402. The molecule has 5 nitrogen and oxygen atoms in total. The number of likely N-dealkylation sites (tertiary alicyclic amines) is 1. The van der Waals surface area contributed by atoms with Crippen molar-refractivity contribution in [3.05, 3.63) is 64.7 Å². The van der Waals surface area contributed by atoms with Crippen LogP contribution in [0.3, 0.4) is 0 Å². The van der Waals surface area contributed by atoms with E-state index in [9.17, 15) is 20.1 Å². The second kappa shape index (κ2) is 7.04. The molecular weight excluding hydrogens is 342 g/mol. The number of nitrogens with zero attached hydrogens (tertiary/aromatic N) is 1. The standard InChI is InChI=1S/C19H20ClNO4/c20-15-6-4-14(5-7-15)19(25)8-10-21(11-9-19)17(18(23)24)13-2-1-3-16(22)12-13/h1-7,12,17,22,25H,8-11H2,(H,23,24). The minimum Gasteiger partial charge on any atom is -0.508 e. The van der Waals surface area contributed by atoms with Gasteiger partial charge in [0.2, 0.25) is 0 Å². The third-order valence-corrected chi connectivity index (χ3v) is 5.04. The van der Waals surface area contributed by atoms with Crippen molar-refractivity contribution in [3.8, 4) is 5.75 Å². The fourth-order valence-electron chi connectivity index (χ4n) is 3.41. The molecule has 2 aromatic carbocycles. The molecule has 1 aliphatic rings. The van der Waals surface area contributed by atoms with Gasteiger partial charge in [-0.25, -0.2) is 0 Å². The van der Waals surface area contributed by atoms with Gasteiger partial charge >= 0.3 is 5.97 Å². The molecule has 2 aromatic rings. The summed E-state index contributed by atoms with van der Waals surface area (Å²) in [6.45, 7) is 0.873. The zero-order chi connectivity index (χ0) is 18.0. The molecule has 6 heteroatoms. The monoisotopic (exact) mass is 361 g/mol. The van der Waals surface area contributed by atoms with E-state index in [2.05, 4.69) is 0 Å². The van der Waals surface area contributed by atoms with Crippen LogP contribution in [0.4, 0.5) is 0 Å². The van der Waals surface area contributed by atoms with E-state index in [1.54, 1.807) is 24.3 Å². The quantitative estimate of drug-likeness (QED) is 0.779. The maximum absolute atomic E-state index is 11.8. The van der Waals surface area contributed by atoms with Gasteiger partial charge in [-0.3, -0.25) is 9.69 Å². The second-order valence-corrected chi connectivity index (χ2v) is 6.85. The number of halogens is 1. The number of phenolic OH excluding ortho intramolecular Hbond substituents is 1. The topological polar surface area (TPSA) is 81.0 Å². The van der Waals surface area contributed by atoms with Crippen LogP contribution in [0.15, 0.2) is 48.5 Å². The van der Waals surface area contributed by atoms with Crippen LogP contribution >= 0.6 is 11.6 Å². The van der Waals surface area contributed by atoms with Gasteiger partial charge in [0.05, 0.1) is 5.60 Å². The molecule has 132 valence electrons. The molecule has 1 atom stereocenters. The lowest BCUT2D eigenvalue weighted by molar-refractivity contribution is -0.145. The summed E-state index contributed by atoms with van der Waals surface area (Å²) in [5, 5.41) is 30.8. The van der Waals surface area contributed by atoms with Crippen LogP contribution in [-0.2, 0) is 10.4 Å². The van der Waals surface area contributed by atoms with Gasteiger partial charge in [0, 0.05) is 18.1 Å². The first kappa shape index (κ1) is 17.7. The summed E-state index contributed by atoms with van der Waals surface area (Å²) in [5.41, 5.74) is 0.341. The summed E-state index contributed by atoms with van der Waals surface area (Å²) in [4.78, 5) is 13.6. The molecule has 3 N–H and O–H groups in total. The molecule has 1 unspecified atom stereocenters. The molecule has 1 fully saturated rings. The molecule has 3 rings (SSSR count). The van der Waals surface area contributed by atoms with E-state index >= 15 is 0 Å². The highest BCUT2D eigenvalue weighted by molar-refractivity contribution is 6.30. The largest absolute Gasteiger partial charge is 0.508 e. The van der Waals surface area contributed by atoms with Crippen molar-refractivity contribution in [3.63, 3.8) is 0 Å². The third-order valence-electron chi connectivity index (χ3n) is 4.79. The first-order valence-corrected chi connectivity index (χ1v) is 8.51. The number of phenols is 1. The number of carboxylic acid groups (broad SMARTS) is 1. The number of aliphatic hydroxyl groups is 1. The number of hydrogen-bond acceptors (Lipinski definition) is 4. The van der Waals surface area contributed by atoms with E-state index in [-0.39, 0.29) is 5.75 Å². The number of carboxylic acids is 1. The predicted octanol–water partition coefficient (Wildman–Crippen LogP) is 3.15. The lowest BCUT2D eigenvalue weighted by Gasteiger charge is -2.40. The first-order valence-electron chi connectivity index (χ1n) is 8.13. The highest BCUT2D eigenvalue weighted by Crippen LogP contribution is 2.36. The first-order chi connectivity index (χ1) is 11.9. The molecule has 0 saturated carbocycles. The summed E-state index contributed by atoms with van der Waals surface area (Å²) >= 11 is 5.90. The zero-order valence-corrected chi connectivity index (χ0v) is 14.4. The van der Waals surface area contributed by atoms with Gasteiger partial charge in [-0.1, -0.05) is 35.9 Å². The summed E-state index contributed by atoms with van der Waals surface area (Å²) < 4.78 is 0. The average molecular weight is 362 g/mol. The lowest BCUT2D eigenvalue weighted by atomic mass is 9.83. The molecule has 1 saturated heterocycles. The van der Waals surface area contributed by atoms with E-state index in [1.165, 1.54) is 12.1 Å². The Bertz CT molecular complexity index is 754. The van der Waals surface area contributed by atoms with E-state index in [4.69, 9.17) is 11.6 Å². The number of hydrogen-bond donors (Lipinski definition) is 3. The Morgan fingerprint density at radius 2 is 1.76 bits per heavy atom. The fourth-order valence-corrected chi connectivity index (χ4v) is 3.53. The van der Waals surface area contributed by atoms with Crippen LogP contribution in [-0.4, -0.2) is 39.3 Å². The third kappa shape index (κ3) is 3.79. The van der Waals surface area contributed by atoms with Crippen molar-refractivity contribution in [1.82, 2.24) is 4.90 Å². The number of benzene rings is 2. The summed E-state index contributed by atoms with van der Waals surface area (Å²) in [6, 6.07) is 12.6. The number of piperidine rings is 1. The Morgan fingerprint density at radius 1 is 1.12 bits per heavy atom. The molecule has 25 heavy (non-hydrogen) atoms. The summed E-state index contributed by atoms with van der Waals surface area (Å²) in [6.07, 6.45) is 0.856. The molecular formula is C19H20ClNO4. The summed E-state index contributed by atoms with van der Waals surface area (Å²) in [7, 11) is 0. The molecule has 0 radical (unpaired) electrons. The maximum atomic E-state index is 11.8. The predicted molar refractivity (Wildman–Crippen MR) is 94.6 cm³/mol. The van der Waals surface area contributed by atoms with Crippen LogP contribution in [0.1, 0.15) is 30.0 Å². The Labute approximate surface area is 151 Å². The van der Waals surface area contributed by atoms with Crippen LogP contribution in [0, 0.1) is 0 Å². The lowest BCUT2D eigenvalue weighted by Crippen LogP contribution is -2.45. The molecule has 0 aliphatic carbocycles. The Kier molecular flexibility index (Phi) is 4.99. The molecule has 1 heterocycles. The van der Waals surface area contributed by atoms with Crippen molar-refractivity contribution in [2.24, 2.45) is 0 Å². The second-order valence-electron chi connectivity index (χ2n) is 6.41.